The summed E-state index contributed by atoms with van der Waals surface area (Å²) in [6.07, 6.45) is 11.3. The SMILES string of the molecule is C/C=C\C(=C/C=C(C)CC)CCc1cc(C#N)ccc1N.CC. The van der Waals surface area contributed by atoms with Crippen LogP contribution in [0.3, 0.4) is 0 Å². The second-order valence-electron chi connectivity index (χ2n) is 5.13. The average Bonchev–Trinajstić information content (AvgIpc) is 2.60. The minimum atomic E-state index is 0.664. The maximum Gasteiger partial charge on any atom is 0.0991 e. The standard InChI is InChI=1S/C19H24N2.C2H6/c1-4-6-16(8-7-15(3)5-2)9-11-18-13-17(14-20)10-12-19(18)21;1-2/h4,6-8,10,12-13H,5,9,11,21H2,1-3H3;1-2H3/b6-4-,15-7?,16-8+;. The highest BCUT2D eigenvalue weighted by Crippen LogP contribution is 2.18. The van der Waals surface area contributed by atoms with Crippen molar-refractivity contribution in [3.63, 3.8) is 0 Å². The van der Waals surface area contributed by atoms with Crippen molar-refractivity contribution in [3.05, 3.63) is 64.8 Å². The summed E-state index contributed by atoms with van der Waals surface area (Å²) in [5.41, 5.74) is 11.1. The van der Waals surface area contributed by atoms with Gasteiger partial charge in [-0.15, -0.1) is 0 Å². The van der Waals surface area contributed by atoms with E-state index in [-0.39, 0.29) is 0 Å². The van der Waals surface area contributed by atoms with Crippen molar-refractivity contribution in [1.29, 1.82) is 5.26 Å². The maximum absolute atomic E-state index is 8.97. The number of hydrogen-bond donors (Lipinski definition) is 1. The van der Waals surface area contributed by atoms with Crippen LogP contribution < -0.4 is 5.73 Å². The van der Waals surface area contributed by atoms with Crippen LogP contribution in [0.4, 0.5) is 5.69 Å². The van der Waals surface area contributed by atoms with Crippen LogP contribution in [0.2, 0.25) is 0 Å². The monoisotopic (exact) mass is 310 g/mol. The van der Waals surface area contributed by atoms with Crippen molar-refractivity contribution in [1.82, 2.24) is 0 Å². The average molecular weight is 310 g/mol. The van der Waals surface area contributed by atoms with Crippen LogP contribution in [-0.2, 0) is 6.42 Å². The zero-order chi connectivity index (χ0) is 17.7. The lowest BCUT2D eigenvalue weighted by Gasteiger charge is -2.07. The van der Waals surface area contributed by atoms with E-state index in [1.165, 1.54) is 11.1 Å². The number of anilines is 1. The van der Waals surface area contributed by atoms with Crippen molar-refractivity contribution in [3.8, 4) is 6.07 Å². The molecule has 1 rings (SSSR count). The number of nitriles is 1. The molecule has 0 unspecified atom stereocenters. The first-order chi connectivity index (χ1) is 11.1. The molecular formula is C21H30N2. The van der Waals surface area contributed by atoms with Gasteiger partial charge < -0.3 is 5.73 Å². The van der Waals surface area contributed by atoms with Gasteiger partial charge in [0, 0.05) is 5.69 Å². The van der Waals surface area contributed by atoms with Gasteiger partial charge in [0.1, 0.15) is 0 Å². The molecule has 0 aliphatic rings. The molecule has 0 radical (unpaired) electrons. The molecule has 0 saturated heterocycles. The molecule has 0 atom stereocenters. The molecule has 1 aromatic carbocycles. The molecule has 1 aromatic rings. The Bertz CT molecular complexity index is 599. The molecule has 0 saturated carbocycles. The first-order valence-corrected chi connectivity index (χ1v) is 8.38. The Balaban J connectivity index is 0.00000232. The van der Waals surface area contributed by atoms with Crippen LogP contribution >= 0.6 is 0 Å². The van der Waals surface area contributed by atoms with E-state index in [2.05, 4.69) is 44.2 Å². The second-order valence-corrected chi connectivity index (χ2v) is 5.13. The molecule has 2 nitrogen and oxygen atoms in total. The van der Waals surface area contributed by atoms with E-state index in [9.17, 15) is 0 Å². The predicted molar refractivity (Wildman–Crippen MR) is 102 cm³/mol. The fourth-order valence-corrected chi connectivity index (χ4v) is 1.97. The summed E-state index contributed by atoms with van der Waals surface area (Å²) in [6, 6.07) is 7.62. The first kappa shape index (κ1) is 20.7. The molecule has 0 aliphatic heterocycles. The van der Waals surface area contributed by atoms with E-state index in [1.54, 1.807) is 6.07 Å². The highest BCUT2D eigenvalue weighted by Gasteiger charge is 2.02. The van der Waals surface area contributed by atoms with Crippen LogP contribution in [0, 0.1) is 11.3 Å². The van der Waals surface area contributed by atoms with Gasteiger partial charge in [0.05, 0.1) is 11.6 Å². The minimum Gasteiger partial charge on any atom is -0.399 e. The van der Waals surface area contributed by atoms with Gasteiger partial charge in [0.25, 0.3) is 0 Å². The van der Waals surface area contributed by atoms with E-state index < -0.39 is 0 Å². The Labute approximate surface area is 142 Å². The van der Waals surface area contributed by atoms with E-state index in [0.29, 0.717) is 5.56 Å². The lowest BCUT2D eigenvalue weighted by Crippen LogP contribution is -1.96. The quantitative estimate of drug-likeness (QED) is 0.520. The first-order valence-electron chi connectivity index (χ1n) is 8.38. The lowest BCUT2D eigenvalue weighted by atomic mass is 10.0. The number of aryl methyl sites for hydroxylation is 1. The number of hydrogen-bond acceptors (Lipinski definition) is 2. The summed E-state index contributed by atoms with van der Waals surface area (Å²) >= 11 is 0. The maximum atomic E-state index is 8.97. The molecule has 0 heterocycles. The van der Waals surface area contributed by atoms with Gasteiger partial charge in [-0.05, 0) is 62.4 Å². The van der Waals surface area contributed by atoms with Crippen LogP contribution in [0.1, 0.15) is 58.6 Å². The van der Waals surface area contributed by atoms with Gasteiger partial charge in [-0.1, -0.05) is 50.6 Å². The molecule has 124 valence electrons. The fraction of sp³-hybridized carbons (Fsp3) is 0.381. The van der Waals surface area contributed by atoms with Gasteiger partial charge in [0.2, 0.25) is 0 Å². The minimum absolute atomic E-state index is 0.664. The predicted octanol–water partition coefficient (Wildman–Crippen LogP) is 5.96. The van der Waals surface area contributed by atoms with Crippen molar-refractivity contribution >= 4 is 5.69 Å². The third kappa shape index (κ3) is 8.07. The second kappa shape index (κ2) is 12.3. The van der Waals surface area contributed by atoms with Crippen LogP contribution in [0.15, 0.2) is 53.6 Å². The molecule has 0 spiro atoms. The molecular weight excluding hydrogens is 280 g/mol. The Morgan fingerprint density at radius 1 is 1.26 bits per heavy atom. The van der Waals surface area contributed by atoms with E-state index in [1.807, 2.05) is 32.9 Å². The molecule has 0 aromatic heterocycles. The van der Waals surface area contributed by atoms with Crippen molar-refractivity contribution in [2.75, 3.05) is 5.73 Å². The number of allylic oxidation sites excluding steroid dienone is 6. The highest BCUT2D eigenvalue weighted by molar-refractivity contribution is 5.51. The Morgan fingerprint density at radius 3 is 2.52 bits per heavy atom. The number of benzene rings is 1. The molecule has 0 amide bonds. The zero-order valence-electron chi connectivity index (χ0n) is 15.2. The van der Waals surface area contributed by atoms with Gasteiger partial charge in [-0.2, -0.15) is 5.26 Å². The van der Waals surface area contributed by atoms with Gasteiger partial charge in [0.15, 0.2) is 0 Å². The fourth-order valence-electron chi connectivity index (χ4n) is 1.97. The number of nitrogens with two attached hydrogens (primary N) is 1. The molecule has 0 aliphatic carbocycles. The van der Waals surface area contributed by atoms with E-state index in [4.69, 9.17) is 11.0 Å². The van der Waals surface area contributed by atoms with Crippen LogP contribution in [0.5, 0.6) is 0 Å². The summed E-state index contributed by atoms with van der Waals surface area (Å²) in [5, 5.41) is 8.97. The van der Waals surface area contributed by atoms with Crippen LogP contribution in [0.25, 0.3) is 0 Å². The van der Waals surface area contributed by atoms with Gasteiger partial charge >= 0.3 is 0 Å². The van der Waals surface area contributed by atoms with Gasteiger partial charge in [-0.3, -0.25) is 0 Å². The van der Waals surface area contributed by atoms with Crippen molar-refractivity contribution < 1.29 is 0 Å². The van der Waals surface area contributed by atoms with E-state index in [0.717, 1.165) is 30.5 Å². The van der Waals surface area contributed by atoms with Crippen molar-refractivity contribution in [2.24, 2.45) is 0 Å². The third-order valence-corrected chi connectivity index (χ3v) is 3.48. The molecule has 2 N–H and O–H groups in total. The van der Waals surface area contributed by atoms with E-state index >= 15 is 0 Å². The van der Waals surface area contributed by atoms with Crippen molar-refractivity contribution in [2.45, 2.75) is 53.9 Å². The summed E-state index contributed by atoms with van der Waals surface area (Å²) in [6.45, 7) is 10.3. The molecule has 0 bridgehead atoms. The zero-order valence-corrected chi connectivity index (χ0v) is 15.2. The normalized spacial score (nSPS) is 11.8. The highest BCUT2D eigenvalue weighted by atomic mass is 14.6. The molecule has 2 heteroatoms. The number of nitrogen functional groups attached to an aromatic ring is 1. The Hall–Kier alpha value is -2.27. The Morgan fingerprint density at radius 2 is 1.96 bits per heavy atom. The van der Waals surface area contributed by atoms with Gasteiger partial charge in [-0.25, -0.2) is 0 Å². The largest absolute Gasteiger partial charge is 0.399 e. The lowest BCUT2D eigenvalue weighted by molar-refractivity contribution is 0.965. The third-order valence-electron chi connectivity index (χ3n) is 3.48. The number of nitrogens with zero attached hydrogens (tertiary/aromatic N) is 1. The molecule has 23 heavy (non-hydrogen) atoms. The number of rotatable bonds is 6. The summed E-state index contributed by atoms with van der Waals surface area (Å²) in [7, 11) is 0. The molecule has 0 fully saturated rings. The topological polar surface area (TPSA) is 49.8 Å². The van der Waals surface area contributed by atoms with Crippen LogP contribution in [-0.4, -0.2) is 0 Å². The summed E-state index contributed by atoms with van der Waals surface area (Å²) < 4.78 is 0. The Kier molecular flexibility index (Phi) is 11.1. The smallest absolute Gasteiger partial charge is 0.0991 e. The summed E-state index contributed by atoms with van der Waals surface area (Å²) in [4.78, 5) is 0. The summed E-state index contributed by atoms with van der Waals surface area (Å²) in [5.74, 6) is 0.